The summed E-state index contributed by atoms with van der Waals surface area (Å²) in [6.45, 7) is 14.7. The molecule has 0 radical (unpaired) electrons. The van der Waals surface area contributed by atoms with Gasteiger partial charge in [-0.1, -0.05) is 39.3 Å². The summed E-state index contributed by atoms with van der Waals surface area (Å²) in [6.07, 6.45) is -33.1. The van der Waals surface area contributed by atoms with Crippen LogP contribution in [0.15, 0.2) is 11.6 Å². The van der Waals surface area contributed by atoms with Crippen molar-refractivity contribution in [1.82, 2.24) is 0 Å². The lowest BCUT2D eigenvalue weighted by atomic mass is 9.35. The molecule has 7 aliphatic heterocycles. The molecule has 2 spiro atoms. The van der Waals surface area contributed by atoms with E-state index in [1.807, 2.05) is 20.8 Å². The van der Waals surface area contributed by atoms with Crippen LogP contribution in [0.4, 0.5) is 0 Å². The standard InChI is InChI=1S/C59H96O27/c1-23(2)15-25-16-57(8,74)48-26-9-10-32-55(6)13-12-33(54(4,5)31(55)11-14-56(32,7)58(26)21-59(48,86-25)78-22-58)83-53-47(85-51-44(72)38(66)34(62)24(3)79-51)46(27(61)18-75-53)84-52-45(73)41(69)37(65)30(82-52)20-77-50-43(71)40(68)36(64)29(81-50)19-76-49-42(70)39(67)35(63)28(17-60)80-49/h15,24-53,60-74H,9-14,16-22H2,1-8H3. The van der Waals surface area contributed by atoms with E-state index in [9.17, 15) is 76.6 Å². The summed E-state index contributed by atoms with van der Waals surface area (Å²) in [6, 6.07) is 0. The third-order valence-corrected chi connectivity index (χ3v) is 22.9. The van der Waals surface area contributed by atoms with Crippen molar-refractivity contribution in [3.05, 3.63) is 11.6 Å². The Hall–Kier alpha value is -1.34. The van der Waals surface area contributed by atoms with E-state index in [0.29, 0.717) is 25.4 Å². The number of hydrogen-bond donors (Lipinski definition) is 15. The first-order valence-corrected chi connectivity index (χ1v) is 30.9. The van der Waals surface area contributed by atoms with Crippen LogP contribution in [0.25, 0.3) is 0 Å². The highest BCUT2D eigenvalue weighted by Gasteiger charge is 2.81. The van der Waals surface area contributed by atoms with E-state index in [-0.39, 0.29) is 40.1 Å². The Morgan fingerprint density at radius 2 is 1.12 bits per heavy atom. The average Bonchev–Trinajstić information content (AvgIpc) is 1.44. The first kappa shape index (κ1) is 66.1. The van der Waals surface area contributed by atoms with Crippen molar-refractivity contribution in [2.45, 2.75) is 278 Å². The highest BCUT2D eigenvalue weighted by atomic mass is 16.8. The molecular weight excluding hydrogens is 1140 g/mol. The molecule has 86 heavy (non-hydrogen) atoms. The molecule has 15 N–H and O–H groups in total. The summed E-state index contributed by atoms with van der Waals surface area (Å²) < 4.78 is 74.3. The fourth-order valence-electron chi connectivity index (χ4n) is 18.5. The Kier molecular flexibility index (Phi) is 18.6. The normalized spacial score (nSPS) is 56.9. The number of hydrogen-bond acceptors (Lipinski definition) is 27. The fraction of sp³-hybridized carbons (Fsp3) is 0.966. The molecule has 35 atom stereocenters. The van der Waals surface area contributed by atoms with E-state index in [0.717, 1.165) is 44.1 Å². The lowest BCUT2D eigenvalue weighted by Crippen LogP contribution is -2.68. The lowest BCUT2D eigenvalue weighted by Gasteiger charge is -2.70. The van der Waals surface area contributed by atoms with E-state index in [1.54, 1.807) is 0 Å². The topological polar surface area (TPSA) is 414 Å². The van der Waals surface area contributed by atoms with Gasteiger partial charge < -0.3 is 133 Å². The predicted molar refractivity (Wildman–Crippen MR) is 289 cm³/mol. The Bertz CT molecular complexity index is 2380. The van der Waals surface area contributed by atoms with Crippen molar-refractivity contribution in [3.8, 4) is 0 Å². The number of allylic oxidation sites excluding steroid dienone is 1. The zero-order valence-corrected chi connectivity index (χ0v) is 50.2. The SMILES string of the molecule is CC(C)=CC1CC(C)(O)C2C3CCC4C5(C)CCC(OC6OCC(O)C(OC7OC(COC8OC(COC9OC(CO)C(O)C(O)C9O)C(O)C(O)C8O)C(O)C(O)C7O)C6OC6OC(C)C(O)C(O)C6O)C(C)(C)C5CCC4(C)C34COC2(C4)O1. The quantitative estimate of drug-likeness (QED) is 0.0597. The van der Waals surface area contributed by atoms with Crippen LogP contribution in [0, 0.1) is 45.3 Å². The van der Waals surface area contributed by atoms with Crippen molar-refractivity contribution in [2.24, 2.45) is 45.3 Å². The molecule has 0 aromatic carbocycles. The minimum absolute atomic E-state index is 0.129. The van der Waals surface area contributed by atoms with Gasteiger partial charge in [-0.05, 0) is 100 Å². The van der Waals surface area contributed by atoms with Crippen molar-refractivity contribution < 1.29 is 133 Å². The number of aliphatic hydroxyl groups is 15. The first-order chi connectivity index (χ1) is 40.3. The minimum Gasteiger partial charge on any atom is -0.394 e. The predicted octanol–water partition coefficient (Wildman–Crippen LogP) is -3.36. The summed E-state index contributed by atoms with van der Waals surface area (Å²) in [7, 11) is 0. The highest BCUT2D eigenvalue weighted by Crippen LogP contribution is 2.80. The second-order valence-electron chi connectivity index (χ2n) is 28.7. The van der Waals surface area contributed by atoms with Gasteiger partial charge in [0.15, 0.2) is 37.2 Å². The van der Waals surface area contributed by atoms with Crippen LogP contribution in [0.2, 0.25) is 0 Å². The van der Waals surface area contributed by atoms with Crippen molar-refractivity contribution in [2.75, 3.05) is 33.0 Å². The summed E-state index contributed by atoms with van der Waals surface area (Å²) in [5, 5.41) is 164. The Balaban J connectivity index is 0.797. The molecule has 494 valence electrons. The molecule has 11 aliphatic rings. The number of aliphatic hydroxyl groups excluding tert-OH is 14. The van der Waals surface area contributed by atoms with Gasteiger partial charge in [0.1, 0.15) is 110 Å². The van der Waals surface area contributed by atoms with Crippen molar-refractivity contribution in [1.29, 1.82) is 0 Å². The smallest absolute Gasteiger partial charge is 0.187 e. The summed E-state index contributed by atoms with van der Waals surface area (Å²) >= 11 is 0. The van der Waals surface area contributed by atoms with Crippen molar-refractivity contribution >= 4 is 0 Å². The Labute approximate surface area is 499 Å². The van der Waals surface area contributed by atoms with Gasteiger partial charge >= 0.3 is 0 Å². The van der Waals surface area contributed by atoms with E-state index in [2.05, 4.69) is 33.8 Å². The molecule has 0 amide bonds. The monoisotopic (exact) mass is 1240 g/mol. The molecule has 11 rings (SSSR count). The van der Waals surface area contributed by atoms with Gasteiger partial charge in [0, 0.05) is 24.2 Å². The van der Waals surface area contributed by atoms with Crippen LogP contribution in [0.1, 0.15) is 107 Å². The minimum atomic E-state index is -2.02. The molecule has 0 aromatic rings. The number of ether oxygens (including phenoxy) is 12. The van der Waals surface area contributed by atoms with Crippen LogP contribution < -0.4 is 0 Å². The van der Waals surface area contributed by atoms with E-state index in [4.69, 9.17) is 56.8 Å². The Morgan fingerprint density at radius 1 is 0.570 bits per heavy atom. The zero-order valence-electron chi connectivity index (χ0n) is 50.2. The molecule has 2 bridgehead atoms. The first-order valence-electron chi connectivity index (χ1n) is 30.9. The molecule has 7 heterocycles. The largest absolute Gasteiger partial charge is 0.394 e. The molecule has 4 saturated carbocycles. The second-order valence-corrected chi connectivity index (χ2v) is 28.7. The van der Waals surface area contributed by atoms with Crippen LogP contribution in [-0.4, -0.2) is 281 Å². The second kappa shape index (κ2) is 24.2. The molecular formula is C59H96O27. The third-order valence-electron chi connectivity index (χ3n) is 22.9. The zero-order chi connectivity index (χ0) is 62.3. The number of rotatable bonds is 14. The van der Waals surface area contributed by atoms with Gasteiger partial charge in [0.05, 0.1) is 56.9 Å². The van der Waals surface area contributed by atoms with Crippen LogP contribution in [0.5, 0.6) is 0 Å². The van der Waals surface area contributed by atoms with E-state index >= 15 is 0 Å². The highest BCUT2D eigenvalue weighted by molar-refractivity contribution is 5.27. The van der Waals surface area contributed by atoms with Gasteiger partial charge in [-0.15, -0.1) is 0 Å². The maximum absolute atomic E-state index is 12.3. The molecule has 0 aromatic heterocycles. The van der Waals surface area contributed by atoms with Gasteiger partial charge in [0.25, 0.3) is 0 Å². The molecule has 27 heteroatoms. The maximum Gasteiger partial charge on any atom is 0.187 e. The lowest BCUT2D eigenvalue weighted by molar-refractivity contribution is -0.390. The van der Waals surface area contributed by atoms with Gasteiger partial charge in [0.2, 0.25) is 0 Å². The summed E-state index contributed by atoms with van der Waals surface area (Å²) in [4.78, 5) is 0. The summed E-state index contributed by atoms with van der Waals surface area (Å²) in [5.74, 6) is -0.383. The summed E-state index contributed by atoms with van der Waals surface area (Å²) in [5.41, 5.74) is -0.904. The van der Waals surface area contributed by atoms with Gasteiger partial charge in [-0.2, -0.15) is 0 Å². The van der Waals surface area contributed by atoms with Crippen LogP contribution >= 0.6 is 0 Å². The average molecular weight is 1240 g/mol. The van der Waals surface area contributed by atoms with Gasteiger partial charge in [-0.25, -0.2) is 0 Å². The van der Waals surface area contributed by atoms with Crippen LogP contribution in [0.3, 0.4) is 0 Å². The molecule has 11 fully saturated rings. The molecule has 35 unspecified atom stereocenters. The van der Waals surface area contributed by atoms with Crippen molar-refractivity contribution in [3.63, 3.8) is 0 Å². The Morgan fingerprint density at radius 3 is 1.72 bits per heavy atom. The molecule has 7 saturated heterocycles. The van der Waals surface area contributed by atoms with E-state index in [1.165, 1.54) is 6.92 Å². The van der Waals surface area contributed by atoms with E-state index < -0.39 is 197 Å². The third kappa shape index (κ3) is 10.9. The maximum atomic E-state index is 12.3. The molecule has 27 nitrogen and oxygen atoms in total. The molecule has 4 aliphatic carbocycles. The number of fused-ring (bicyclic) bond motifs is 4. The fourth-order valence-corrected chi connectivity index (χ4v) is 18.5. The van der Waals surface area contributed by atoms with Gasteiger partial charge in [-0.3, -0.25) is 0 Å². The van der Waals surface area contributed by atoms with Crippen LogP contribution in [-0.2, 0) is 56.8 Å².